The third-order valence-electron chi connectivity index (χ3n) is 14.1. The Hall–Kier alpha value is -9.18. The van der Waals surface area contributed by atoms with Gasteiger partial charge >= 0.3 is 0 Å². The summed E-state index contributed by atoms with van der Waals surface area (Å²) in [5.74, 6) is 0.679. The number of aromatic nitrogens is 3. The van der Waals surface area contributed by atoms with E-state index in [1.165, 1.54) is 59.8 Å². The molecular weight excluding hydrogens is 835 g/mol. The minimum Gasteiger partial charge on any atom is -0.309 e. The van der Waals surface area contributed by atoms with Crippen molar-refractivity contribution in [3.8, 4) is 61.7 Å². The molecule has 0 bridgehead atoms. The lowest BCUT2D eigenvalue weighted by molar-refractivity contribution is 1.19. The van der Waals surface area contributed by atoms with Gasteiger partial charge in [-0.3, -0.25) is 0 Å². The summed E-state index contributed by atoms with van der Waals surface area (Å²) >= 11 is 0. The van der Waals surface area contributed by atoms with Gasteiger partial charge in [0.1, 0.15) is 0 Å². The molecule has 14 rings (SSSR count). The monoisotopic (exact) mass is 875 g/mol. The second-order valence-corrected chi connectivity index (χ2v) is 18.2. The van der Waals surface area contributed by atoms with Crippen molar-refractivity contribution in [2.24, 2.45) is 0 Å². The fraction of sp³-hybridized carbons (Fsp3) is 0. The van der Waals surface area contributed by atoms with Gasteiger partial charge in [-0.15, -0.1) is 0 Å². The summed E-state index contributed by atoms with van der Waals surface area (Å²) in [7, 11) is 0. The maximum atomic E-state index is 5.58. The van der Waals surface area contributed by atoms with Gasteiger partial charge in [0, 0.05) is 32.7 Å². The molecule has 0 atom stereocenters. The van der Waals surface area contributed by atoms with Crippen molar-refractivity contribution in [3.63, 3.8) is 0 Å². The van der Waals surface area contributed by atoms with Crippen LogP contribution in [-0.2, 0) is 0 Å². The fourth-order valence-electron chi connectivity index (χ4n) is 10.6. The Balaban J connectivity index is 1.000. The SMILES string of the molecule is c1ccc(-c2ccc(-c3nc(-c4cc(-n5c6cc(-c7ccc8ccccc8c7)ccc6c6cc7ccccc7cc65)c5ccccc5c4)nc4ccc(-c5ccc6ccccc6c5)cc34)cc2)cc1. The Labute approximate surface area is 398 Å². The van der Waals surface area contributed by atoms with Crippen molar-refractivity contribution in [2.45, 2.75) is 0 Å². The van der Waals surface area contributed by atoms with E-state index in [9.17, 15) is 0 Å². The van der Waals surface area contributed by atoms with Crippen molar-refractivity contribution < 1.29 is 0 Å². The lowest BCUT2D eigenvalue weighted by atomic mass is 9.97. The summed E-state index contributed by atoms with van der Waals surface area (Å²) in [6.07, 6.45) is 0. The predicted octanol–water partition coefficient (Wildman–Crippen LogP) is 17.7. The molecule has 0 fully saturated rings. The van der Waals surface area contributed by atoms with Gasteiger partial charge in [0.05, 0.1) is 27.9 Å². The number of rotatable bonds is 6. The maximum absolute atomic E-state index is 5.58. The lowest BCUT2D eigenvalue weighted by Gasteiger charge is -2.16. The number of fused-ring (bicyclic) bond motifs is 8. The number of hydrogen-bond donors (Lipinski definition) is 0. The lowest BCUT2D eigenvalue weighted by Crippen LogP contribution is -1.99. The summed E-state index contributed by atoms with van der Waals surface area (Å²) in [6, 6.07) is 90.3. The highest BCUT2D eigenvalue weighted by Crippen LogP contribution is 2.41. The summed E-state index contributed by atoms with van der Waals surface area (Å²) < 4.78 is 2.48. The van der Waals surface area contributed by atoms with E-state index in [1.807, 2.05) is 0 Å². The van der Waals surface area contributed by atoms with Gasteiger partial charge in [-0.1, -0.05) is 194 Å². The van der Waals surface area contributed by atoms with E-state index >= 15 is 0 Å². The molecule has 0 unspecified atom stereocenters. The van der Waals surface area contributed by atoms with Gasteiger partial charge in [-0.05, 0) is 126 Å². The van der Waals surface area contributed by atoms with Crippen LogP contribution in [0, 0.1) is 0 Å². The third-order valence-corrected chi connectivity index (χ3v) is 14.1. The molecule has 0 radical (unpaired) electrons. The van der Waals surface area contributed by atoms with Crippen LogP contribution in [0.25, 0.3) is 138 Å². The maximum Gasteiger partial charge on any atom is 0.160 e. The van der Waals surface area contributed by atoms with Crippen LogP contribution in [0.5, 0.6) is 0 Å². The quantitative estimate of drug-likeness (QED) is 0.167. The highest BCUT2D eigenvalue weighted by molar-refractivity contribution is 6.15. The van der Waals surface area contributed by atoms with Crippen molar-refractivity contribution >= 4 is 75.8 Å². The van der Waals surface area contributed by atoms with Crippen LogP contribution in [0.15, 0.2) is 249 Å². The standard InChI is InChI=1S/C66H41N3/c1-2-12-42(13-3-1)45-22-26-46(27-23-45)65-60-38-53(51-28-24-43-14-4-6-16-47(43)34-51)31-33-61(60)67-66(68-65)56-36-55-20-10-11-21-57(55)62(41-56)69-63-40-54(52-29-25-44-15-5-7-17-48(44)35-52)30-32-58(63)59-37-49-18-8-9-19-50(49)39-64(59)69/h1-41H. The minimum atomic E-state index is 0.679. The van der Waals surface area contributed by atoms with Crippen molar-refractivity contribution in [1.82, 2.24) is 14.5 Å². The van der Waals surface area contributed by atoms with Crippen molar-refractivity contribution in [3.05, 3.63) is 249 Å². The van der Waals surface area contributed by atoms with Gasteiger partial charge in [0.2, 0.25) is 0 Å². The topological polar surface area (TPSA) is 30.7 Å². The zero-order valence-corrected chi connectivity index (χ0v) is 37.5. The second-order valence-electron chi connectivity index (χ2n) is 18.2. The first-order valence-corrected chi connectivity index (χ1v) is 23.6. The third kappa shape index (κ3) is 6.66. The summed E-state index contributed by atoms with van der Waals surface area (Å²) in [5.41, 5.74) is 14.2. The number of nitrogens with zero attached hydrogens (tertiary/aromatic N) is 3. The molecule has 0 N–H and O–H groups in total. The zero-order chi connectivity index (χ0) is 45.4. The normalized spacial score (nSPS) is 11.8. The zero-order valence-electron chi connectivity index (χ0n) is 37.5. The molecular formula is C66H41N3. The Morgan fingerprint density at radius 1 is 0.246 bits per heavy atom. The van der Waals surface area contributed by atoms with Gasteiger partial charge < -0.3 is 4.57 Å². The van der Waals surface area contributed by atoms with E-state index in [4.69, 9.17) is 9.97 Å². The Morgan fingerprint density at radius 3 is 1.45 bits per heavy atom. The first kappa shape index (κ1) is 39.0. The highest BCUT2D eigenvalue weighted by Gasteiger charge is 2.20. The molecule has 12 aromatic carbocycles. The predicted molar refractivity (Wildman–Crippen MR) is 291 cm³/mol. The van der Waals surface area contributed by atoms with Gasteiger partial charge in [-0.2, -0.15) is 0 Å². The first-order chi connectivity index (χ1) is 34.1. The first-order valence-electron chi connectivity index (χ1n) is 23.6. The van der Waals surface area contributed by atoms with Crippen LogP contribution in [0.1, 0.15) is 0 Å². The smallest absolute Gasteiger partial charge is 0.160 e. The Bertz CT molecular complexity index is 4360. The molecule has 0 amide bonds. The molecule has 320 valence electrons. The molecule has 0 aliphatic carbocycles. The molecule has 0 saturated carbocycles. The van der Waals surface area contributed by atoms with E-state index in [-0.39, 0.29) is 0 Å². The summed E-state index contributed by atoms with van der Waals surface area (Å²) in [5, 5.41) is 13.0. The van der Waals surface area contributed by atoms with Gasteiger partial charge in [-0.25, -0.2) is 9.97 Å². The van der Waals surface area contributed by atoms with Crippen LogP contribution < -0.4 is 0 Å². The van der Waals surface area contributed by atoms with E-state index in [1.54, 1.807) is 0 Å². The Kier molecular flexibility index (Phi) is 8.90. The Morgan fingerprint density at radius 2 is 0.739 bits per heavy atom. The van der Waals surface area contributed by atoms with E-state index in [0.29, 0.717) is 5.82 Å². The van der Waals surface area contributed by atoms with Crippen molar-refractivity contribution in [2.75, 3.05) is 0 Å². The molecule has 3 nitrogen and oxygen atoms in total. The molecule has 3 heteroatoms. The summed E-state index contributed by atoms with van der Waals surface area (Å²) in [6.45, 7) is 0. The molecule has 0 aliphatic heterocycles. The number of hydrogen-bond acceptors (Lipinski definition) is 2. The van der Waals surface area contributed by atoms with E-state index in [2.05, 4.69) is 253 Å². The molecule has 2 heterocycles. The van der Waals surface area contributed by atoms with Crippen LogP contribution in [0.2, 0.25) is 0 Å². The molecule has 2 aromatic heterocycles. The number of benzene rings is 12. The minimum absolute atomic E-state index is 0.679. The van der Waals surface area contributed by atoms with Crippen LogP contribution in [0.3, 0.4) is 0 Å². The average molecular weight is 876 g/mol. The summed E-state index contributed by atoms with van der Waals surface area (Å²) in [4.78, 5) is 11.0. The highest BCUT2D eigenvalue weighted by atomic mass is 15.0. The van der Waals surface area contributed by atoms with Crippen LogP contribution >= 0.6 is 0 Å². The van der Waals surface area contributed by atoms with Gasteiger partial charge in [0.25, 0.3) is 0 Å². The van der Waals surface area contributed by atoms with Crippen LogP contribution in [-0.4, -0.2) is 14.5 Å². The molecule has 0 aliphatic rings. The molecule has 0 saturated heterocycles. The van der Waals surface area contributed by atoms with E-state index in [0.717, 1.165) is 71.9 Å². The second kappa shape index (κ2) is 15.7. The molecule has 0 spiro atoms. The van der Waals surface area contributed by atoms with Crippen LogP contribution in [0.4, 0.5) is 0 Å². The molecule has 69 heavy (non-hydrogen) atoms. The van der Waals surface area contributed by atoms with E-state index < -0.39 is 0 Å². The largest absolute Gasteiger partial charge is 0.309 e. The fourth-order valence-corrected chi connectivity index (χ4v) is 10.6. The average Bonchev–Trinajstić information content (AvgIpc) is 3.73. The van der Waals surface area contributed by atoms with Gasteiger partial charge in [0.15, 0.2) is 5.82 Å². The molecule has 14 aromatic rings. The van der Waals surface area contributed by atoms with Crippen molar-refractivity contribution in [1.29, 1.82) is 0 Å².